The van der Waals surface area contributed by atoms with Gasteiger partial charge in [0.05, 0.1) is 19.0 Å². The predicted molar refractivity (Wildman–Crippen MR) is 41.4 cm³/mol. The van der Waals surface area contributed by atoms with Gasteiger partial charge in [-0.2, -0.15) is 0 Å². The maximum Gasteiger partial charge on any atom is 1.00 e. The molecule has 8 heteroatoms. The number of hydrogen-bond donors (Lipinski definition) is 0. The van der Waals surface area contributed by atoms with Gasteiger partial charge in [0.25, 0.3) is 0 Å². The van der Waals surface area contributed by atoms with E-state index in [4.69, 9.17) is 0 Å². The van der Waals surface area contributed by atoms with E-state index in [2.05, 4.69) is 11.3 Å². The number of carboxylic acids is 2. The number of carbonyl (C=O) groups excluding carboxylic acids is 3. The molecule has 0 N–H and O–H groups in total. The first-order valence-corrected chi connectivity index (χ1v) is 3.24. The minimum atomic E-state index is -1.55. The van der Waals surface area contributed by atoms with E-state index in [-0.39, 0.29) is 59.1 Å². The van der Waals surface area contributed by atoms with Crippen molar-refractivity contribution in [1.29, 1.82) is 0 Å². The predicted octanol–water partition coefficient (Wildman–Crippen LogP) is -8.60. The summed E-state index contributed by atoms with van der Waals surface area (Å²) in [5, 5.41) is 18.8. The van der Waals surface area contributed by atoms with E-state index in [1.54, 1.807) is 0 Å². The van der Waals surface area contributed by atoms with Gasteiger partial charge in [0, 0.05) is 6.08 Å². The molecule has 0 radical (unpaired) electrons. The maximum absolute atomic E-state index is 9.84. The number of carboxylic acid groups (broad SMARTS) is 2. The largest absolute Gasteiger partial charge is 1.00 e. The average Bonchev–Trinajstić information content (AvgIpc) is 2.14. The van der Waals surface area contributed by atoms with Crippen LogP contribution in [-0.2, 0) is 19.1 Å². The van der Waals surface area contributed by atoms with Crippen LogP contribution in [0.3, 0.4) is 0 Å². The van der Waals surface area contributed by atoms with Crippen LogP contribution in [0.4, 0.5) is 0 Å². The molecular weight excluding hydrogens is 238 g/mol. The molecule has 16 heavy (non-hydrogen) atoms. The van der Waals surface area contributed by atoms with Gasteiger partial charge in [0.1, 0.15) is 0 Å². The standard InChI is InChI=1S/C4H4O4.C4H6O2.2Na/c5-3(6)1-2-4(7)8;1-3-4(5)6-2;;/h1-2H,(H,5,6)(H,7,8);3H,1H2,2H3;;/q;;2*+1/p-2/b2-1-;;;. The van der Waals surface area contributed by atoms with Crippen LogP contribution in [0, 0.1) is 0 Å². The van der Waals surface area contributed by atoms with E-state index < -0.39 is 17.9 Å². The molecule has 0 saturated carbocycles. The van der Waals surface area contributed by atoms with Gasteiger partial charge in [0.15, 0.2) is 0 Å². The Balaban J connectivity index is -0.0000000825. The second kappa shape index (κ2) is 17.3. The second-order valence-electron chi connectivity index (χ2n) is 1.70. The molecule has 0 atom stereocenters. The Bertz CT molecular complexity index is 245. The number of methoxy groups -OCH3 is 1. The Hall–Kier alpha value is -0.110. The fraction of sp³-hybridized carbons (Fsp3) is 0.125. The van der Waals surface area contributed by atoms with Crippen molar-refractivity contribution < 1.29 is 88.4 Å². The van der Waals surface area contributed by atoms with E-state index in [0.29, 0.717) is 12.2 Å². The fourth-order valence-electron chi connectivity index (χ4n) is 0.219. The third-order valence-corrected chi connectivity index (χ3v) is 0.723. The van der Waals surface area contributed by atoms with Crippen LogP contribution >= 0.6 is 0 Å². The molecule has 0 amide bonds. The van der Waals surface area contributed by atoms with Gasteiger partial charge < -0.3 is 24.5 Å². The minimum Gasteiger partial charge on any atom is -0.545 e. The Morgan fingerprint density at radius 3 is 1.44 bits per heavy atom. The van der Waals surface area contributed by atoms with Crippen molar-refractivity contribution in [1.82, 2.24) is 0 Å². The van der Waals surface area contributed by atoms with Crippen molar-refractivity contribution in [3.8, 4) is 0 Å². The molecule has 0 saturated heterocycles. The van der Waals surface area contributed by atoms with Crippen molar-refractivity contribution in [2.45, 2.75) is 0 Å². The SMILES string of the molecule is C=CC(=O)OC.O=C([O-])/C=C\C(=O)[O-].[Na+].[Na+]. The summed E-state index contributed by atoms with van der Waals surface area (Å²) in [6.45, 7) is 3.16. The van der Waals surface area contributed by atoms with E-state index >= 15 is 0 Å². The summed E-state index contributed by atoms with van der Waals surface area (Å²) >= 11 is 0. The van der Waals surface area contributed by atoms with Gasteiger partial charge in [-0.25, -0.2) is 4.79 Å². The molecule has 0 aromatic heterocycles. The molecule has 0 unspecified atom stereocenters. The van der Waals surface area contributed by atoms with Crippen molar-refractivity contribution in [3.05, 3.63) is 24.8 Å². The second-order valence-corrected chi connectivity index (χ2v) is 1.70. The molecule has 0 aliphatic rings. The summed E-state index contributed by atoms with van der Waals surface area (Å²) in [7, 11) is 1.31. The molecule has 0 spiro atoms. The summed E-state index contributed by atoms with van der Waals surface area (Å²) in [6.07, 6.45) is 1.88. The number of hydrogen-bond acceptors (Lipinski definition) is 6. The molecule has 0 heterocycles. The molecule has 0 aliphatic carbocycles. The van der Waals surface area contributed by atoms with E-state index in [0.717, 1.165) is 6.08 Å². The number of ether oxygens (including phenoxy) is 1. The summed E-state index contributed by atoms with van der Waals surface area (Å²) in [4.78, 5) is 28.7. The maximum atomic E-state index is 9.84. The smallest absolute Gasteiger partial charge is 0.545 e. The van der Waals surface area contributed by atoms with Gasteiger partial charge in [-0.05, 0) is 12.2 Å². The van der Waals surface area contributed by atoms with Crippen LogP contribution in [0.1, 0.15) is 0 Å². The van der Waals surface area contributed by atoms with Gasteiger partial charge >= 0.3 is 65.1 Å². The third-order valence-electron chi connectivity index (χ3n) is 0.723. The normalized spacial score (nSPS) is 7.31. The average molecular weight is 246 g/mol. The number of rotatable bonds is 3. The van der Waals surface area contributed by atoms with Crippen LogP contribution in [-0.4, -0.2) is 25.0 Å². The van der Waals surface area contributed by atoms with E-state index in [1.807, 2.05) is 0 Å². The topological polar surface area (TPSA) is 107 Å². The quantitative estimate of drug-likeness (QED) is 0.278. The molecule has 0 bridgehead atoms. The van der Waals surface area contributed by atoms with Crippen molar-refractivity contribution >= 4 is 17.9 Å². The fourth-order valence-corrected chi connectivity index (χ4v) is 0.219. The van der Waals surface area contributed by atoms with Crippen LogP contribution in [0.2, 0.25) is 0 Å². The van der Waals surface area contributed by atoms with Gasteiger partial charge in [0.2, 0.25) is 0 Å². The Labute approximate surface area is 137 Å². The molecule has 0 aromatic carbocycles. The Morgan fingerprint density at radius 2 is 1.38 bits per heavy atom. The number of aliphatic carboxylic acids is 2. The van der Waals surface area contributed by atoms with Crippen molar-refractivity contribution in [3.63, 3.8) is 0 Å². The monoisotopic (exact) mass is 246 g/mol. The first-order chi connectivity index (χ1) is 6.43. The first kappa shape index (κ1) is 24.9. The number of carbonyl (C=O) groups is 3. The summed E-state index contributed by atoms with van der Waals surface area (Å²) in [5.41, 5.74) is 0. The molecule has 0 aliphatic heterocycles. The molecule has 6 nitrogen and oxygen atoms in total. The number of esters is 1. The summed E-state index contributed by atoms with van der Waals surface area (Å²) in [5.74, 6) is -3.49. The van der Waals surface area contributed by atoms with Crippen molar-refractivity contribution in [2.24, 2.45) is 0 Å². The minimum absolute atomic E-state index is 0. The molecule has 0 fully saturated rings. The van der Waals surface area contributed by atoms with Crippen LogP contribution < -0.4 is 69.3 Å². The summed E-state index contributed by atoms with van der Waals surface area (Å²) < 4.78 is 4.14. The molecule has 78 valence electrons. The van der Waals surface area contributed by atoms with Crippen molar-refractivity contribution in [2.75, 3.05) is 7.11 Å². The van der Waals surface area contributed by atoms with Gasteiger partial charge in [-0.1, -0.05) is 6.58 Å². The summed E-state index contributed by atoms with van der Waals surface area (Å²) in [6, 6.07) is 0. The van der Waals surface area contributed by atoms with Crippen LogP contribution in [0.25, 0.3) is 0 Å². The molecule has 0 rings (SSSR count). The third kappa shape index (κ3) is 29.2. The molecular formula is C8H8Na2O6. The Kier molecular flexibility index (Phi) is 26.9. The zero-order valence-corrected chi connectivity index (χ0v) is 13.4. The van der Waals surface area contributed by atoms with E-state index in [1.165, 1.54) is 7.11 Å². The van der Waals surface area contributed by atoms with Crippen LogP contribution in [0.5, 0.6) is 0 Å². The van der Waals surface area contributed by atoms with Crippen LogP contribution in [0.15, 0.2) is 24.8 Å². The zero-order chi connectivity index (χ0) is 11.6. The van der Waals surface area contributed by atoms with Gasteiger partial charge in [-0.3, -0.25) is 0 Å². The molecule has 0 aromatic rings. The van der Waals surface area contributed by atoms with E-state index in [9.17, 15) is 24.6 Å². The van der Waals surface area contributed by atoms with Gasteiger partial charge in [-0.15, -0.1) is 0 Å². The zero-order valence-electron chi connectivity index (χ0n) is 9.39. The Morgan fingerprint density at radius 1 is 1.06 bits per heavy atom. The first-order valence-electron chi connectivity index (χ1n) is 3.24.